The van der Waals surface area contributed by atoms with Crippen LogP contribution < -0.4 is 15.5 Å². The number of carbonyl (C=O) groups is 1. The summed E-state index contributed by atoms with van der Waals surface area (Å²) in [7, 11) is 0. The molecule has 0 spiro atoms. The molecular formula is C25H31N7O. The SMILES string of the molecule is Cc1ccnc(Nc2cc(N3CCN(C(=O)Nc4ccc(C(C)(C)C)cc4)CC3)ncn2)c1. The van der Waals surface area contributed by atoms with Crippen molar-refractivity contribution in [3.8, 4) is 0 Å². The zero-order valence-corrected chi connectivity index (χ0v) is 19.7. The molecule has 0 bridgehead atoms. The topological polar surface area (TPSA) is 86.3 Å². The summed E-state index contributed by atoms with van der Waals surface area (Å²) in [5, 5.41) is 6.24. The summed E-state index contributed by atoms with van der Waals surface area (Å²) in [6.07, 6.45) is 3.32. The van der Waals surface area contributed by atoms with Crippen molar-refractivity contribution in [2.24, 2.45) is 0 Å². The van der Waals surface area contributed by atoms with Crippen LogP contribution in [0, 0.1) is 6.92 Å². The summed E-state index contributed by atoms with van der Waals surface area (Å²) in [6.45, 7) is 11.2. The summed E-state index contributed by atoms with van der Waals surface area (Å²) >= 11 is 0. The first kappa shape index (κ1) is 22.5. The van der Waals surface area contributed by atoms with Gasteiger partial charge >= 0.3 is 6.03 Å². The number of rotatable bonds is 4. The number of nitrogens with zero attached hydrogens (tertiary/aromatic N) is 5. The number of nitrogens with one attached hydrogen (secondary N) is 2. The van der Waals surface area contributed by atoms with Crippen molar-refractivity contribution >= 4 is 29.2 Å². The fourth-order valence-corrected chi connectivity index (χ4v) is 3.72. The normalized spacial score (nSPS) is 14.2. The van der Waals surface area contributed by atoms with Crippen molar-refractivity contribution in [3.63, 3.8) is 0 Å². The quantitative estimate of drug-likeness (QED) is 0.612. The second kappa shape index (κ2) is 9.44. The minimum absolute atomic E-state index is 0.0753. The Morgan fingerprint density at radius 1 is 0.909 bits per heavy atom. The molecule has 1 saturated heterocycles. The van der Waals surface area contributed by atoms with E-state index in [9.17, 15) is 4.79 Å². The maximum absolute atomic E-state index is 12.7. The molecule has 1 aromatic carbocycles. The van der Waals surface area contributed by atoms with Crippen molar-refractivity contribution in [1.29, 1.82) is 0 Å². The van der Waals surface area contributed by atoms with Gasteiger partial charge in [-0.1, -0.05) is 32.9 Å². The summed E-state index contributed by atoms with van der Waals surface area (Å²) in [5.74, 6) is 2.27. The summed E-state index contributed by atoms with van der Waals surface area (Å²) < 4.78 is 0. The van der Waals surface area contributed by atoms with Crippen LogP contribution in [-0.2, 0) is 5.41 Å². The van der Waals surface area contributed by atoms with Gasteiger partial charge in [0.2, 0.25) is 0 Å². The molecule has 8 heteroatoms. The zero-order valence-electron chi connectivity index (χ0n) is 19.7. The van der Waals surface area contributed by atoms with Crippen molar-refractivity contribution in [2.45, 2.75) is 33.1 Å². The Morgan fingerprint density at radius 3 is 2.27 bits per heavy atom. The van der Waals surface area contributed by atoms with Crippen LogP contribution in [0.5, 0.6) is 0 Å². The Kier molecular flexibility index (Phi) is 6.44. The Labute approximate surface area is 195 Å². The van der Waals surface area contributed by atoms with Crippen LogP contribution >= 0.6 is 0 Å². The number of hydrogen-bond acceptors (Lipinski definition) is 6. The molecule has 0 saturated carbocycles. The molecule has 0 aliphatic carbocycles. The number of carbonyl (C=O) groups excluding carboxylic acids is 1. The average molecular weight is 446 g/mol. The lowest BCUT2D eigenvalue weighted by atomic mass is 9.87. The molecule has 4 rings (SSSR count). The van der Waals surface area contributed by atoms with Crippen LogP contribution in [-0.4, -0.2) is 52.1 Å². The molecule has 2 N–H and O–H groups in total. The molecule has 2 amide bonds. The molecule has 1 aliphatic rings. The minimum atomic E-state index is -0.0753. The van der Waals surface area contributed by atoms with Gasteiger partial charge in [-0.15, -0.1) is 0 Å². The van der Waals surface area contributed by atoms with E-state index in [1.165, 1.54) is 5.56 Å². The molecule has 0 unspecified atom stereocenters. The molecule has 0 atom stereocenters. The van der Waals surface area contributed by atoms with E-state index in [1.54, 1.807) is 12.5 Å². The Balaban J connectivity index is 1.32. The van der Waals surface area contributed by atoms with E-state index < -0.39 is 0 Å². The van der Waals surface area contributed by atoms with Crippen LogP contribution in [0.2, 0.25) is 0 Å². The molecule has 8 nitrogen and oxygen atoms in total. The van der Waals surface area contributed by atoms with Crippen LogP contribution in [0.4, 0.5) is 27.9 Å². The first-order chi connectivity index (χ1) is 15.8. The predicted octanol–water partition coefficient (Wildman–Crippen LogP) is 4.58. The van der Waals surface area contributed by atoms with Crippen LogP contribution in [0.1, 0.15) is 31.9 Å². The molecule has 2 aromatic heterocycles. The number of urea groups is 1. The van der Waals surface area contributed by atoms with Gasteiger partial charge < -0.3 is 20.4 Å². The largest absolute Gasteiger partial charge is 0.353 e. The standard InChI is InChI=1S/C25H31N7O/c1-18-9-10-26-21(15-18)30-22-16-23(28-17-27-22)31-11-13-32(14-12-31)24(33)29-20-7-5-19(6-8-20)25(2,3)4/h5-10,15-17H,11-14H2,1-4H3,(H,29,33)(H,26,27,28,30). The van der Waals surface area contributed by atoms with Crippen LogP contribution in [0.15, 0.2) is 55.0 Å². The third kappa shape index (κ3) is 5.77. The maximum atomic E-state index is 12.7. The van der Waals surface area contributed by atoms with Crippen molar-refractivity contribution in [3.05, 3.63) is 66.1 Å². The van der Waals surface area contributed by atoms with Crippen molar-refractivity contribution in [2.75, 3.05) is 41.7 Å². The van der Waals surface area contributed by atoms with E-state index in [0.717, 1.165) is 22.9 Å². The molecule has 33 heavy (non-hydrogen) atoms. The van der Waals surface area contributed by atoms with Crippen molar-refractivity contribution in [1.82, 2.24) is 19.9 Å². The van der Waals surface area contributed by atoms with Gasteiger partial charge in [0, 0.05) is 44.1 Å². The van der Waals surface area contributed by atoms with Gasteiger partial charge in [-0.2, -0.15) is 0 Å². The molecule has 3 aromatic rings. The van der Waals surface area contributed by atoms with Gasteiger partial charge in [-0.25, -0.2) is 19.7 Å². The maximum Gasteiger partial charge on any atom is 0.321 e. The Hall–Kier alpha value is -3.68. The monoisotopic (exact) mass is 445 g/mol. The second-order valence-electron chi connectivity index (χ2n) is 9.34. The second-order valence-corrected chi connectivity index (χ2v) is 9.34. The number of pyridine rings is 1. The predicted molar refractivity (Wildman–Crippen MR) is 132 cm³/mol. The number of benzene rings is 1. The van der Waals surface area contributed by atoms with Gasteiger partial charge in [0.15, 0.2) is 0 Å². The van der Waals surface area contributed by atoms with Gasteiger partial charge in [0.05, 0.1) is 0 Å². The lowest BCUT2D eigenvalue weighted by molar-refractivity contribution is 0.208. The van der Waals surface area contributed by atoms with E-state index in [4.69, 9.17) is 0 Å². The highest BCUT2D eigenvalue weighted by atomic mass is 16.2. The number of amides is 2. The molecular weight excluding hydrogens is 414 g/mol. The van der Waals surface area contributed by atoms with E-state index in [2.05, 4.69) is 63.4 Å². The summed E-state index contributed by atoms with van der Waals surface area (Å²) in [6, 6.07) is 13.8. The highest BCUT2D eigenvalue weighted by molar-refractivity contribution is 5.89. The number of anilines is 4. The number of hydrogen-bond donors (Lipinski definition) is 2. The smallest absolute Gasteiger partial charge is 0.321 e. The first-order valence-electron chi connectivity index (χ1n) is 11.2. The molecule has 1 fully saturated rings. The number of piperazine rings is 1. The fraction of sp³-hybridized carbons (Fsp3) is 0.360. The average Bonchev–Trinajstić information content (AvgIpc) is 2.79. The highest BCUT2D eigenvalue weighted by Crippen LogP contribution is 2.24. The number of aromatic nitrogens is 3. The van der Waals surface area contributed by atoms with Gasteiger partial charge in [0.25, 0.3) is 0 Å². The fourth-order valence-electron chi connectivity index (χ4n) is 3.72. The van der Waals surface area contributed by atoms with E-state index >= 15 is 0 Å². The Bertz CT molecular complexity index is 1100. The highest BCUT2D eigenvalue weighted by Gasteiger charge is 2.22. The summed E-state index contributed by atoms with van der Waals surface area (Å²) in [5.41, 5.74) is 3.27. The lowest BCUT2D eigenvalue weighted by Gasteiger charge is -2.35. The molecule has 3 heterocycles. The third-order valence-electron chi connectivity index (χ3n) is 5.72. The zero-order chi connectivity index (χ0) is 23.4. The van der Waals surface area contributed by atoms with Crippen LogP contribution in [0.25, 0.3) is 0 Å². The van der Waals surface area contributed by atoms with Crippen molar-refractivity contribution < 1.29 is 4.79 Å². The van der Waals surface area contributed by atoms with Gasteiger partial charge in [0.1, 0.15) is 23.8 Å². The number of aryl methyl sites for hydroxylation is 1. The lowest BCUT2D eigenvalue weighted by Crippen LogP contribution is -2.50. The molecule has 0 radical (unpaired) electrons. The van der Waals surface area contributed by atoms with Crippen LogP contribution in [0.3, 0.4) is 0 Å². The first-order valence-corrected chi connectivity index (χ1v) is 11.2. The third-order valence-corrected chi connectivity index (χ3v) is 5.72. The molecule has 172 valence electrons. The van der Waals surface area contributed by atoms with Gasteiger partial charge in [-0.05, 0) is 47.7 Å². The van der Waals surface area contributed by atoms with E-state index in [-0.39, 0.29) is 11.4 Å². The minimum Gasteiger partial charge on any atom is -0.353 e. The molecule has 1 aliphatic heterocycles. The van der Waals surface area contributed by atoms with E-state index in [1.807, 2.05) is 42.2 Å². The Morgan fingerprint density at radius 2 is 1.61 bits per heavy atom. The van der Waals surface area contributed by atoms with Gasteiger partial charge in [-0.3, -0.25) is 0 Å². The van der Waals surface area contributed by atoms with E-state index in [0.29, 0.717) is 32.0 Å². The summed E-state index contributed by atoms with van der Waals surface area (Å²) in [4.78, 5) is 29.8.